The standard InChI is InChI=1S/C21H20N2O6/c1-12(21(27)23-16-5-3-15(4-6-16)22-13(2)24)29-20(26)9-14-11-28-19-10-17(25)7-8-18(14)19/h3-8,10-12,25H,9H2,1-2H3,(H,22,24)(H,23,27)/t12-/m0/s1. The SMILES string of the molecule is CC(=O)Nc1ccc(NC(=O)[C@H](C)OC(=O)Cc2coc3cc(O)ccc23)cc1. The number of carbonyl (C=O) groups is 3. The van der Waals surface area contributed by atoms with Gasteiger partial charge in [0.2, 0.25) is 5.91 Å². The van der Waals surface area contributed by atoms with Crippen LogP contribution >= 0.6 is 0 Å². The third-order valence-electron chi connectivity index (χ3n) is 4.12. The molecule has 1 atom stereocenters. The maximum Gasteiger partial charge on any atom is 0.311 e. The Balaban J connectivity index is 1.55. The molecule has 3 rings (SSSR count). The Hall–Kier alpha value is -3.81. The van der Waals surface area contributed by atoms with Gasteiger partial charge in [0.25, 0.3) is 5.91 Å². The highest BCUT2D eigenvalue weighted by Gasteiger charge is 2.19. The highest BCUT2D eigenvalue weighted by molar-refractivity contribution is 5.96. The minimum atomic E-state index is -1.00. The van der Waals surface area contributed by atoms with Crippen molar-refractivity contribution in [2.24, 2.45) is 0 Å². The molecule has 0 spiro atoms. The zero-order chi connectivity index (χ0) is 21.0. The predicted molar refractivity (Wildman–Crippen MR) is 107 cm³/mol. The number of rotatable bonds is 6. The summed E-state index contributed by atoms with van der Waals surface area (Å²) in [5.74, 6) is -1.18. The molecule has 29 heavy (non-hydrogen) atoms. The normalized spacial score (nSPS) is 11.7. The van der Waals surface area contributed by atoms with Gasteiger partial charge < -0.3 is 24.9 Å². The molecule has 0 unspecified atom stereocenters. The van der Waals surface area contributed by atoms with Gasteiger partial charge >= 0.3 is 5.97 Å². The van der Waals surface area contributed by atoms with Crippen LogP contribution in [0.5, 0.6) is 5.75 Å². The number of fused-ring (bicyclic) bond motifs is 1. The fraction of sp³-hybridized carbons (Fsp3) is 0.190. The van der Waals surface area contributed by atoms with Gasteiger partial charge in [-0.25, -0.2) is 0 Å². The van der Waals surface area contributed by atoms with Crippen molar-refractivity contribution >= 4 is 40.1 Å². The van der Waals surface area contributed by atoms with Crippen molar-refractivity contribution in [3.63, 3.8) is 0 Å². The number of furan rings is 1. The summed E-state index contributed by atoms with van der Waals surface area (Å²) in [6.07, 6.45) is 0.354. The molecule has 3 N–H and O–H groups in total. The van der Waals surface area contributed by atoms with Gasteiger partial charge in [-0.2, -0.15) is 0 Å². The first-order chi connectivity index (χ1) is 13.8. The van der Waals surface area contributed by atoms with E-state index in [4.69, 9.17) is 9.15 Å². The number of aromatic hydroxyl groups is 1. The maximum absolute atomic E-state index is 12.3. The van der Waals surface area contributed by atoms with Crippen molar-refractivity contribution in [3.05, 3.63) is 54.3 Å². The van der Waals surface area contributed by atoms with Crippen molar-refractivity contribution in [1.82, 2.24) is 0 Å². The largest absolute Gasteiger partial charge is 0.508 e. The van der Waals surface area contributed by atoms with E-state index in [1.807, 2.05) is 0 Å². The lowest BCUT2D eigenvalue weighted by atomic mass is 10.1. The van der Waals surface area contributed by atoms with Crippen LogP contribution in [-0.4, -0.2) is 29.0 Å². The lowest BCUT2D eigenvalue weighted by Gasteiger charge is -2.13. The van der Waals surface area contributed by atoms with Gasteiger partial charge in [0, 0.05) is 35.3 Å². The molecule has 0 bridgehead atoms. The van der Waals surface area contributed by atoms with Crippen LogP contribution < -0.4 is 10.6 Å². The topological polar surface area (TPSA) is 118 Å². The van der Waals surface area contributed by atoms with Crippen LogP contribution in [0.1, 0.15) is 19.4 Å². The molecule has 2 amide bonds. The molecule has 8 nitrogen and oxygen atoms in total. The number of hydrogen-bond acceptors (Lipinski definition) is 6. The van der Waals surface area contributed by atoms with Gasteiger partial charge in [-0.3, -0.25) is 14.4 Å². The number of esters is 1. The molecule has 0 saturated heterocycles. The van der Waals surface area contributed by atoms with Gasteiger partial charge in [-0.15, -0.1) is 0 Å². The Kier molecular flexibility index (Phi) is 5.82. The molecule has 0 fully saturated rings. The lowest BCUT2D eigenvalue weighted by molar-refractivity contribution is -0.152. The number of nitrogens with one attached hydrogen (secondary N) is 2. The zero-order valence-electron chi connectivity index (χ0n) is 15.9. The predicted octanol–water partition coefficient (Wildman–Crippen LogP) is 3.21. The quantitative estimate of drug-likeness (QED) is 0.551. The Morgan fingerprint density at radius 3 is 2.38 bits per heavy atom. The molecule has 0 aliphatic heterocycles. The molecule has 150 valence electrons. The summed E-state index contributed by atoms with van der Waals surface area (Å²) in [6, 6.07) is 11.2. The lowest BCUT2D eigenvalue weighted by Crippen LogP contribution is -2.30. The Labute approximate surface area is 166 Å². The third kappa shape index (κ3) is 5.13. The van der Waals surface area contributed by atoms with Crippen molar-refractivity contribution in [3.8, 4) is 5.75 Å². The summed E-state index contributed by atoms with van der Waals surface area (Å²) in [4.78, 5) is 35.5. The molecule has 3 aromatic rings. The second-order valence-electron chi connectivity index (χ2n) is 6.50. The average molecular weight is 396 g/mol. The highest BCUT2D eigenvalue weighted by Crippen LogP contribution is 2.25. The van der Waals surface area contributed by atoms with Crippen LogP contribution in [-0.2, 0) is 25.5 Å². The van der Waals surface area contributed by atoms with Crippen molar-refractivity contribution in [2.75, 3.05) is 10.6 Å². The van der Waals surface area contributed by atoms with Crippen molar-refractivity contribution in [2.45, 2.75) is 26.4 Å². The summed E-state index contributed by atoms with van der Waals surface area (Å²) < 4.78 is 10.5. The molecule has 2 aromatic carbocycles. The average Bonchev–Trinajstić information content (AvgIpc) is 3.04. The third-order valence-corrected chi connectivity index (χ3v) is 4.12. The summed E-state index contributed by atoms with van der Waals surface area (Å²) >= 11 is 0. The Morgan fingerprint density at radius 1 is 1.07 bits per heavy atom. The van der Waals surface area contributed by atoms with Crippen molar-refractivity contribution < 1.29 is 28.6 Å². The summed E-state index contributed by atoms with van der Waals surface area (Å²) in [5, 5.41) is 15.4. The number of carbonyl (C=O) groups excluding carboxylic acids is 3. The highest BCUT2D eigenvalue weighted by atomic mass is 16.5. The number of amides is 2. The molecule has 1 aromatic heterocycles. The first-order valence-electron chi connectivity index (χ1n) is 8.89. The van der Waals surface area contributed by atoms with Gasteiger partial charge in [0.15, 0.2) is 6.10 Å². The Bertz CT molecular complexity index is 1050. The van der Waals surface area contributed by atoms with E-state index >= 15 is 0 Å². The van der Waals surface area contributed by atoms with Gasteiger partial charge in [0.05, 0.1) is 12.7 Å². The molecule has 1 heterocycles. The minimum absolute atomic E-state index is 0.0661. The van der Waals surface area contributed by atoms with E-state index in [9.17, 15) is 19.5 Å². The molecule has 0 aliphatic rings. The van der Waals surface area contributed by atoms with Gasteiger partial charge in [0.1, 0.15) is 11.3 Å². The van der Waals surface area contributed by atoms with E-state index in [0.717, 1.165) is 0 Å². The van der Waals surface area contributed by atoms with E-state index in [2.05, 4.69) is 10.6 Å². The van der Waals surface area contributed by atoms with E-state index in [0.29, 0.717) is 27.9 Å². The number of ether oxygens (including phenoxy) is 1. The van der Waals surface area contributed by atoms with Gasteiger partial charge in [-0.1, -0.05) is 0 Å². The van der Waals surface area contributed by atoms with E-state index in [1.54, 1.807) is 30.3 Å². The number of phenolic OH excluding ortho intramolecular Hbond substituents is 1. The zero-order valence-corrected chi connectivity index (χ0v) is 15.9. The molecule has 0 saturated carbocycles. The van der Waals surface area contributed by atoms with E-state index in [-0.39, 0.29) is 18.1 Å². The number of benzene rings is 2. The molecule has 8 heteroatoms. The van der Waals surface area contributed by atoms with Gasteiger partial charge in [-0.05, 0) is 43.3 Å². The minimum Gasteiger partial charge on any atom is -0.508 e. The molecule has 0 radical (unpaired) electrons. The molecular formula is C21H20N2O6. The summed E-state index contributed by atoms with van der Waals surface area (Å²) in [7, 11) is 0. The van der Waals surface area contributed by atoms with E-state index in [1.165, 1.54) is 32.2 Å². The maximum atomic E-state index is 12.3. The second kappa shape index (κ2) is 8.47. The summed E-state index contributed by atoms with van der Waals surface area (Å²) in [5.41, 5.74) is 2.18. The fourth-order valence-corrected chi connectivity index (χ4v) is 2.74. The first-order valence-corrected chi connectivity index (χ1v) is 8.89. The van der Waals surface area contributed by atoms with E-state index < -0.39 is 18.0 Å². The second-order valence-corrected chi connectivity index (χ2v) is 6.50. The van der Waals surface area contributed by atoms with Crippen LogP contribution in [0.15, 0.2) is 53.1 Å². The number of phenols is 1. The Morgan fingerprint density at radius 2 is 1.72 bits per heavy atom. The molecule has 0 aliphatic carbocycles. The monoisotopic (exact) mass is 396 g/mol. The first kappa shape index (κ1) is 19.9. The van der Waals surface area contributed by atoms with Crippen LogP contribution in [0.25, 0.3) is 11.0 Å². The number of hydrogen-bond donors (Lipinski definition) is 3. The van der Waals surface area contributed by atoms with Crippen LogP contribution in [0.4, 0.5) is 11.4 Å². The van der Waals surface area contributed by atoms with Crippen LogP contribution in [0.2, 0.25) is 0 Å². The van der Waals surface area contributed by atoms with Crippen molar-refractivity contribution in [1.29, 1.82) is 0 Å². The summed E-state index contributed by atoms with van der Waals surface area (Å²) in [6.45, 7) is 2.88. The fourth-order valence-electron chi connectivity index (χ4n) is 2.74. The number of anilines is 2. The van der Waals surface area contributed by atoms with Crippen LogP contribution in [0, 0.1) is 0 Å². The molecular weight excluding hydrogens is 376 g/mol. The smallest absolute Gasteiger partial charge is 0.311 e. The van der Waals surface area contributed by atoms with Crippen LogP contribution in [0.3, 0.4) is 0 Å².